The number of nitrogens with two attached hydrogens (primary N) is 1. The highest BCUT2D eigenvalue weighted by Crippen LogP contribution is 2.30. The van der Waals surface area contributed by atoms with Crippen LogP contribution in [-0.2, 0) is 0 Å². The van der Waals surface area contributed by atoms with Crippen molar-refractivity contribution in [3.63, 3.8) is 0 Å². The van der Waals surface area contributed by atoms with Crippen LogP contribution >= 0.6 is 0 Å². The van der Waals surface area contributed by atoms with Gasteiger partial charge in [0.25, 0.3) is 0 Å². The molecular weight excluding hydrogens is 236 g/mol. The van der Waals surface area contributed by atoms with E-state index in [1.54, 1.807) is 6.20 Å². The third kappa shape index (κ3) is 2.84. The van der Waals surface area contributed by atoms with Gasteiger partial charge in [-0.05, 0) is 49.4 Å². The first-order valence-electron chi connectivity index (χ1n) is 6.65. The summed E-state index contributed by atoms with van der Waals surface area (Å²) in [6.45, 7) is 2.96. The lowest BCUT2D eigenvalue weighted by molar-refractivity contribution is 0.883. The molecule has 2 heterocycles. The summed E-state index contributed by atoms with van der Waals surface area (Å²) in [5.41, 5.74) is 9.88. The molecule has 3 rings (SSSR count). The van der Waals surface area contributed by atoms with Gasteiger partial charge in [0, 0.05) is 30.2 Å². The van der Waals surface area contributed by atoms with E-state index in [0.29, 0.717) is 5.69 Å². The van der Waals surface area contributed by atoms with Crippen LogP contribution < -0.4 is 11.1 Å². The van der Waals surface area contributed by atoms with Crippen LogP contribution in [0.3, 0.4) is 0 Å². The van der Waals surface area contributed by atoms with Gasteiger partial charge >= 0.3 is 0 Å². The fourth-order valence-corrected chi connectivity index (χ4v) is 2.08. The molecule has 2 aromatic heterocycles. The number of nitrogens with one attached hydrogen (secondary N) is 1. The van der Waals surface area contributed by atoms with Crippen molar-refractivity contribution in [3.8, 4) is 11.1 Å². The molecule has 0 saturated heterocycles. The lowest BCUT2D eigenvalue weighted by Crippen LogP contribution is -2.07. The SMILES string of the molecule is Cc1cc(-c2cnc(NCC3CC3)c(N)c2)ccn1. The number of hydrogen-bond acceptors (Lipinski definition) is 4. The first kappa shape index (κ1) is 12.0. The maximum Gasteiger partial charge on any atom is 0.149 e. The molecule has 0 spiro atoms. The lowest BCUT2D eigenvalue weighted by atomic mass is 10.1. The van der Waals surface area contributed by atoms with Gasteiger partial charge < -0.3 is 11.1 Å². The fourth-order valence-electron chi connectivity index (χ4n) is 2.08. The van der Waals surface area contributed by atoms with Gasteiger partial charge in [-0.2, -0.15) is 0 Å². The van der Waals surface area contributed by atoms with Gasteiger partial charge in [-0.25, -0.2) is 4.98 Å². The zero-order valence-electron chi connectivity index (χ0n) is 11.1. The topological polar surface area (TPSA) is 63.8 Å². The predicted octanol–water partition coefficient (Wildman–Crippen LogP) is 2.86. The third-order valence-corrected chi connectivity index (χ3v) is 3.40. The van der Waals surface area contributed by atoms with Crippen LogP contribution in [0.2, 0.25) is 0 Å². The zero-order valence-corrected chi connectivity index (χ0v) is 11.1. The maximum absolute atomic E-state index is 6.06. The Bertz CT molecular complexity index is 590. The minimum atomic E-state index is 0.701. The van der Waals surface area contributed by atoms with E-state index < -0.39 is 0 Å². The number of nitrogens with zero attached hydrogens (tertiary/aromatic N) is 2. The quantitative estimate of drug-likeness (QED) is 0.880. The van der Waals surface area contributed by atoms with Crippen LogP contribution in [0.5, 0.6) is 0 Å². The van der Waals surface area contributed by atoms with E-state index >= 15 is 0 Å². The molecule has 0 aliphatic heterocycles. The van der Waals surface area contributed by atoms with Gasteiger partial charge in [0.15, 0.2) is 0 Å². The van der Waals surface area contributed by atoms with Crippen molar-refractivity contribution in [1.82, 2.24) is 9.97 Å². The number of pyridine rings is 2. The van der Waals surface area contributed by atoms with Gasteiger partial charge in [0.1, 0.15) is 5.82 Å². The van der Waals surface area contributed by atoms with Crippen LogP contribution in [0.15, 0.2) is 30.6 Å². The number of aromatic nitrogens is 2. The lowest BCUT2D eigenvalue weighted by Gasteiger charge is -2.09. The molecule has 2 aromatic rings. The predicted molar refractivity (Wildman–Crippen MR) is 77.8 cm³/mol. The summed E-state index contributed by atoms with van der Waals surface area (Å²) in [7, 11) is 0. The molecule has 0 bridgehead atoms. The molecule has 98 valence electrons. The van der Waals surface area contributed by atoms with Crippen LogP contribution in [0.1, 0.15) is 18.5 Å². The van der Waals surface area contributed by atoms with E-state index in [9.17, 15) is 0 Å². The Balaban J connectivity index is 1.81. The van der Waals surface area contributed by atoms with Crippen molar-refractivity contribution in [2.45, 2.75) is 19.8 Å². The summed E-state index contributed by atoms with van der Waals surface area (Å²) >= 11 is 0. The second kappa shape index (κ2) is 4.88. The zero-order chi connectivity index (χ0) is 13.2. The molecule has 0 aromatic carbocycles. The molecule has 1 fully saturated rings. The summed E-state index contributed by atoms with van der Waals surface area (Å²) < 4.78 is 0. The van der Waals surface area contributed by atoms with Gasteiger partial charge in [0.05, 0.1) is 5.69 Å². The fraction of sp³-hybridized carbons (Fsp3) is 0.333. The Kier molecular flexibility index (Phi) is 3.07. The van der Waals surface area contributed by atoms with Crippen molar-refractivity contribution in [2.24, 2.45) is 5.92 Å². The summed E-state index contributed by atoms with van der Waals surface area (Å²) in [4.78, 5) is 8.62. The highest BCUT2D eigenvalue weighted by Gasteiger charge is 2.21. The molecule has 1 aliphatic rings. The van der Waals surface area contributed by atoms with E-state index in [0.717, 1.165) is 35.1 Å². The first-order chi connectivity index (χ1) is 9.22. The highest BCUT2D eigenvalue weighted by atomic mass is 15.0. The number of hydrogen-bond donors (Lipinski definition) is 2. The van der Waals surface area contributed by atoms with Crippen LogP contribution in [-0.4, -0.2) is 16.5 Å². The Morgan fingerprint density at radius 3 is 2.79 bits per heavy atom. The monoisotopic (exact) mass is 254 g/mol. The maximum atomic E-state index is 6.06. The smallest absolute Gasteiger partial charge is 0.149 e. The van der Waals surface area contributed by atoms with Crippen molar-refractivity contribution in [3.05, 3.63) is 36.3 Å². The van der Waals surface area contributed by atoms with E-state index in [4.69, 9.17) is 5.73 Å². The average molecular weight is 254 g/mol. The normalized spacial score (nSPS) is 14.4. The molecule has 4 nitrogen and oxygen atoms in total. The molecule has 0 unspecified atom stereocenters. The number of aryl methyl sites for hydroxylation is 1. The van der Waals surface area contributed by atoms with E-state index in [1.807, 2.05) is 31.3 Å². The number of nitrogen functional groups attached to an aromatic ring is 1. The molecule has 19 heavy (non-hydrogen) atoms. The van der Waals surface area contributed by atoms with Crippen LogP contribution in [0.25, 0.3) is 11.1 Å². The van der Waals surface area contributed by atoms with Gasteiger partial charge in [-0.1, -0.05) is 0 Å². The van der Waals surface area contributed by atoms with Crippen molar-refractivity contribution in [2.75, 3.05) is 17.6 Å². The molecule has 0 atom stereocenters. The van der Waals surface area contributed by atoms with Crippen molar-refractivity contribution in [1.29, 1.82) is 0 Å². The largest absolute Gasteiger partial charge is 0.396 e. The summed E-state index contributed by atoms with van der Waals surface area (Å²) in [5.74, 6) is 1.60. The highest BCUT2D eigenvalue weighted by molar-refractivity contribution is 5.72. The van der Waals surface area contributed by atoms with E-state index in [-0.39, 0.29) is 0 Å². The second-order valence-corrected chi connectivity index (χ2v) is 5.17. The minimum absolute atomic E-state index is 0.701. The number of anilines is 2. The van der Waals surface area contributed by atoms with E-state index in [1.165, 1.54) is 12.8 Å². The summed E-state index contributed by atoms with van der Waals surface area (Å²) in [6.07, 6.45) is 6.31. The second-order valence-electron chi connectivity index (χ2n) is 5.17. The average Bonchev–Trinajstić information content (AvgIpc) is 3.21. The molecular formula is C15H18N4. The third-order valence-electron chi connectivity index (χ3n) is 3.40. The van der Waals surface area contributed by atoms with Crippen molar-refractivity contribution >= 4 is 11.5 Å². The number of rotatable bonds is 4. The Hall–Kier alpha value is -2.10. The molecule has 0 amide bonds. The van der Waals surface area contributed by atoms with Crippen molar-refractivity contribution < 1.29 is 0 Å². The minimum Gasteiger partial charge on any atom is -0.396 e. The summed E-state index contributed by atoms with van der Waals surface area (Å²) in [6, 6.07) is 5.98. The molecule has 1 aliphatic carbocycles. The van der Waals surface area contributed by atoms with Gasteiger partial charge in [0.2, 0.25) is 0 Å². The molecule has 4 heteroatoms. The molecule has 3 N–H and O–H groups in total. The van der Waals surface area contributed by atoms with Crippen LogP contribution in [0, 0.1) is 12.8 Å². The molecule has 0 radical (unpaired) electrons. The van der Waals surface area contributed by atoms with E-state index in [2.05, 4.69) is 15.3 Å². The Morgan fingerprint density at radius 2 is 2.11 bits per heavy atom. The molecule has 1 saturated carbocycles. The Labute approximate surface area is 113 Å². The standard InChI is InChI=1S/C15H18N4/c1-10-6-12(4-5-17-10)13-7-14(16)15(19-9-13)18-8-11-2-3-11/h4-7,9,11H,2-3,8,16H2,1H3,(H,18,19). The van der Waals surface area contributed by atoms with Crippen LogP contribution in [0.4, 0.5) is 11.5 Å². The first-order valence-corrected chi connectivity index (χ1v) is 6.65. The summed E-state index contributed by atoms with van der Waals surface area (Å²) in [5, 5.41) is 3.32. The van der Waals surface area contributed by atoms with Gasteiger partial charge in [-0.3, -0.25) is 4.98 Å². The van der Waals surface area contributed by atoms with Gasteiger partial charge in [-0.15, -0.1) is 0 Å². The Morgan fingerprint density at radius 1 is 1.26 bits per heavy atom.